The van der Waals surface area contributed by atoms with Gasteiger partial charge in [0, 0.05) is 12.0 Å². The molecule has 0 aliphatic heterocycles. The van der Waals surface area contributed by atoms with Crippen LogP contribution in [0.2, 0.25) is 0 Å². The summed E-state index contributed by atoms with van der Waals surface area (Å²) in [6, 6.07) is 0. The Kier molecular flexibility index (Phi) is 4.03. The Morgan fingerprint density at radius 1 is 1.71 bits per heavy atom. The molecule has 0 saturated carbocycles. The molecule has 0 radical (unpaired) electrons. The smallest absolute Gasteiger partial charge is 0.357 e. The maximum absolute atomic E-state index is 11.1. The number of esters is 1. The number of carbonyl (C=O) groups is 1. The summed E-state index contributed by atoms with van der Waals surface area (Å²) in [7, 11) is 1.34. The first-order valence-electron chi connectivity index (χ1n) is 4.34. The number of thiazole rings is 1. The van der Waals surface area contributed by atoms with Gasteiger partial charge in [0.25, 0.3) is 0 Å². The first kappa shape index (κ1) is 11.1. The van der Waals surface area contributed by atoms with Gasteiger partial charge >= 0.3 is 5.97 Å². The molecule has 0 aliphatic rings. The molecule has 5 heteroatoms. The lowest BCUT2D eigenvalue weighted by molar-refractivity contribution is 0.0591. The quantitative estimate of drug-likeness (QED) is 0.721. The second-order valence-corrected chi connectivity index (χ2v) is 3.55. The Labute approximate surface area is 86.9 Å². The molecule has 1 heterocycles. The fraction of sp³-hybridized carbons (Fsp3) is 0.556. The van der Waals surface area contributed by atoms with Crippen LogP contribution in [0.1, 0.15) is 35.4 Å². The van der Waals surface area contributed by atoms with Gasteiger partial charge in [-0.15, -0.1) is 11.3 Å². The van der Waals surface area contributed by atoms with E-state index in [-0.39, 0.29) is 6.10 Å². The summed E-state index contributed by atoms with van der Waals surface area (Å²) in [5.41, 5.74) is 0.346. The fourth-order valence-corrected chi connectivity index (χ4v) is 1.79. The molecule has 0 saturated heterocycles. The van der Waals surface area contributed by atoms with E-state index in [2.05, 4.69) is 9.72 Å². The minimum atomic E-state index is -0.406. The first-order valence-corrected chi connectivity index (χ1v) is 5.22. The molecule has 1 unspecified atom stereocenters. The Morgan fingerprint density at radius 2 is 2.43 bits per heavy atom. The summed E-state index contributed by atoms with van der Waals surface area (Å²) in [5, 5.41) is 2.48. The zero-order chi connectivity index (χ0) is 10.6. The molecule has 0 N–H and O–H groups in total. The number of nitrogens with zero attached hydrogens (tertiary/aromatic N) is 1. The van der Waals surface area contributed by atoms with E-state index in [9.17, 15) is 4.79 Å². The number of aromatic nitrogens is 1. The second-order valence-electron chi connectivity index (χ2n) is 2.66. The molecule has 0 spiro atoms. The van der Waals surface area contributed by atoms with Crippen molar-refractivity contribution in [2.45, 2.75) is 20.0 Å². The lowest BCUT2D eigenvalue weighted by Crippen LogP contribution is -2.03. The highest BCUT2D eigenvalue weighted by molar-refractivity contribution is 7.09. The average molecular weight is 215 g/mol. The molecule has 0 bridgehead atoms. The van der Waals surface area contributed by atoms with Crippen molar-refractivity contribution >= 4 is 17.3 Å². The van der Waals surface area contributed by atoms with E-state index in [0.717, 1.165) is 5.01 Å². The Morgan fingerprint density at radius 3 is 3.00 bits per heavy atom. The van der Waals surface area contributed by atoms with Crippen molar-refractivity contribution in [3.05, 3.63) is 16.1 Å². The van der Waals surface area contributed by atoms with Crippen LogP contribution in [0.4, 0.5) is 0 Å². The predicted octanol–water partition coefficient (Wildman–Crippen LogP) is 2.03. The third-order valence-electron chi connectivity index (χ3n) is 1.68. The van der Waals surface area contributed by atoms with Crippen LogP contribution in [0, 0.1) is 0 Å². The Bertz CT molecular complexity index is 311. The second kappa shape index (κ2) is 5.07. The molecule has 1 atom stereocenters. The largest absolute Gasteiger partial charge is 0.464 e. The molecular weight excluding hydrogens is 202 g/mol. The minimum absolute atomic E-state index is 0.0663. The van der Waals surface area contributed by atoms with Crippen LogP contribution in [0.25, 0.3) is 0 Å². The van der Waals surface area contributed by atoms with Gasteiger partial charge in [-0.05, 0) is 13.8 Å². The topological polar surface area (TPSA) is 48.4 Å². The van der Waals surface area contributed by atoms with Crippen LogP contribution in [0.3, 0.4) is 0 Å². The number of hydrogen-bond donors (Lipinski definition) is 0. The van der Waals surface area contributed by atoms with E-state index >= 15 is 0 Å². The van der Waals surface area contributed by atoms with Crippen molar-refractivity contribution in [2.24, 2.45) is 0 Å². The van der Waals surface area contributed by atoms with E-state index in [1.807, 2.05) is 13.8 Å². The van der Waals surface area contributed by atoms with Crippen LogP contribution in [0.5, 0.6) is 0 Å². The van der Waals surface area contributed by atoms with Crippen molar-refractivity contribution in [3.63, 3.8) is 0 Å². The highest BCUT2D eigenvalue weighted by Gasteiger charge is 2.14. The van der Waals surface area contributed by atoms with Crippen LogP contribution in [-0.4, -0.2) is 24.7 Å². The van der Waals surface area contributed by atoms with Crippen molar-refractivity contribution in [2.75, 3.05) is 13.7 Å². The van der Waals surface area contributed by atoms with E-state index < -0.39 is 5.97 Å². The lowest BCUT2D eigenvalue weighted by Gasteiger charge is -2.06. The van der Waals surface area contributed by atoms with Gasteiger partial charge in [0.05, 0.1) is 7.11 Å². The molecule has 1 aromatic heterocycles. The third-order valence-corrected chi connectivity index (χ3v) is 2.69. The summed E-state index contributed by atoms with van der Waals surface area (Å²) >= 11 is 1.40. The van der Waals surface area contributed by atoms with Crippen LogP contribution >= 0.6 is 11.3 Å². The van der Waals surface area contributed by atoms with Crippen LogP contribution in [-0.2, 0) is 9.47 Å². The maximum Gasteiger partial charge on any atom is 0.357 e. The Balaban J connectivity index is 2.72. The van der Waals surface area contributed by atoms with Crippen molar-refractivity contribution in [1.29, 1.82) is 0 Å². The monoisotopic (exact) mass is 215 g/mol. The summed E-state index contributed by atoms with van der Waals surface area (Å²) in [6.45, 7) is 4.46. The van der Waals surface area contributed by atoms with Crippen LogP contribution < -0.4 is 0 Å². The van der Waals surface area contributed by atoms with Gasteiger partial charge in [-0.2, -0.15) is 0 Å². The summed E-state index contributed by atoms with van der Waals surface area (Å²) in [5.74, 6) is -0.406. The van der Waals surface area contributed by atoms with Crippen molar-refractivity contribution < 1.29 is 14.3 Å². The normalized spacial score (nSPS) is 12.5. The molecule has 0 fully saturated rings. The molecule has 0 aliphatic carbocycles. The van der Waals surface area contributed by atoms with E-state index in [4.69, 9.17) is 4.74 Å². The zero-order valence-corrected chi connectivity index (χ0v) is 9.26. The average Bonchev–Trinajstić information content (AvgIpc) is 2.66. The van der Waals surface area contributed by atoms with E-state index in [1.54, 1.807) is 5.38 Å². The van der Waals surface area contributed by atoms with Gasteiger partial charge in [0.1, 0.15) is 11.1 Å². The molecule has 14 heavy (non-hydrogen) atoms. The van der Waals surface area contributed by atoms with E-state index in [1.165, 1.54) is 18.4 Å². The number of carbonyl (C=O) groups excluding carboxylic acids is 1. The molecule has 78 valence electrons. The van der Waals surface area contributed by atoms with Gasteiger partial charge in [-0.3, -0.25) is 0 Å². The van der Waals surface area contributed by atoms with Crippen molar-refractivity contribution in [3.8, 4) is 0 Å². The first-order chi connectivity index (χ1) is 6.69. The molecule has 0 amide bonds. The van der Waals surface area contributed by atoms with Crippen LogP contribution in [0.15, 0.2) is 5.38 Å². The molecule has 4 nitrogen and oxygen atoms in total. The fourth-order valence-electron chi connectivity index (χ4n) is 0.994. The van der Waals surface area contributed by atoms with Gasteiger partial charge in [-0.1, -0.05) is 0 Å². The highest BCUT2D eigenvalue weighted by atomic mass is 32.1. The molecule has 0 aromatic carbocycles. The number of methoxy groups -OCH3 is 1. The SMILES string of the molecule is CCOC(C)c1nc(C(=O)OC)cs1. The number of ether oxygens (including phenoxy) is 2. The van der Waals surface area contributed by atoms with Gasteiger partial charge < -0.3 is 9.47 Å². The maximum atomic E-state index is 11.1. The lowest BCUT2D eigenvalue weighted by atomic mass is 10.4. The number of rotatable bonds is 4. The Hall–Kier alpha value is -0.940. The standard InChI is InChI=1S/C9H13NO3S/c1-4-13-6(2)8-10-7(5-14-8)9(11)12-3/h5-6H,4H2,1-3H3. The van der Waals surface area contributed by atoms with Crippen molar-refractivity contribution in [1.82, 2.24) is 4.98 Å². The molecular formula is C9H13NO3S. The summed E-state index contributed by atoms with van der Waals surface area (Å²) in [4.78, 5) is 15.2. The predicted molar refractivity (Wildman–Crippen MR) is 53.5 cm³/mol. The minimum Gasteiger partial charge on any atom is -0.464 e. The molecule has 1 aromatic rings. The highest BCUT2D eigenvalue weighted by Crippen LogP contribution is 2.21. The molecule has 1 rings (SSSR count). The van der Waals surface area contributed by atoms with Gasteiger partial charge in [-0.25, -0.2) is 9.78 Å². The summed E-state index contributed by atoms with van der Waals surface area (Å²) < 4.78 is 9.90. The summed E-state index contributed by atoms with van der Waals surface area (Å²) in [6.07, 6.45) is -0.0663. The van der Waals surface area contributed by atoms with E-state index in [0.29, 0.717) is 12.3 Å². The zero-order valence-electron chi connectivity index (χ0n) is 8.44. The van der Waals surface area contributed by atoms with Gasteiger partial charge in [0.15, 0.2) is 5.69 Å². The van der Waals surface area contributed by atoms with Gasteiger partial charge in [0.2, 0.25) is 0 Å². The number of hydrogen-bond acceptors (Lipinski definition) is 5. The third kappa shape index (κ3) is 2.52.